The van der Waals surface area contributed by atoms with E-state index in [2.05, 4.69) is 25.9 Å². The Morgan fingerprint density at radius 1 is 1.13 bits per heavy atom. The van der Waals surface area contributed by atoms with E-state index in [1.165, 1.54) is 6.92 Å². The number of H-pyrrole nitrogens is 1. The molecule has 1 heterocycles. The molecule has 30 heavy (non-hydrogen) atoms. The van der Waals surface area contributed by atoms with Crippen LogP contribution in [0.1, 0.15) is 23.6 Å². The molecule has 0 saturated carbocycles. The number of aromatic nitrogens is 2. The molecule has 10 heteroatoms. The van der Waals surface area contributed by atoms with Gasteiger partial charge in [-0.25, -0.2) is 9.36 Å². The molecule has 0 spiro atoms. The van der Waals surface area contributed by atoms with Crippen LogP contribution in [0.25, 0.3) is 5.69 Å². The van der Waals surface area contributed by atoms with Crippen LogP contribution in [0, 0.1) is 0 Å². The van der Waals surface area contributed by atoms with Crippen LogP contribution < -0.4 is 11.2 Å². The lowest BCUT2D eigenvalue weighted by Crippen LogP contribution is -2.32. The molecule has 6 nitrogen and oxygen atoms in total. The summed E-state index contributed by atoms with van der Waals surface area (Å²) in [5, 5.41) is 10.6. The number of nitrogens with zero attached hydrogens (tertiary/aromatic N) is 2. The molecule has 3 rings (SSSR count). The Hall–Kier alpha value is -3.14. The van der Waals surface area contributed by atoms with Gasteiger partial charge in [-0.15, -0.1) is 0 Å². The van der Waals surface area contributed by atoms with Crippen LogP contribution in [0.4, 0.5) is 13.2 Å². The van der Waals surface area contributed by atoms with Gasteiger partial charge in [0, 0.05) is 4.47 Å². The molecular formula is C20H15BrF3N3O3. The van der Waals surface area contributed by atoms with E-state index in [0.717, 1.165) is 34.3 Å². The second kappa shape index (κ2) is 8.31. The van der Waals surface area contributed by atoms with Crippen LogP contribution in [0.5, 0.6) is 5.88 Å². The van der Waals surface area contributed by atoms with Gasteiger partial charge in [0.25, 0.3) is 5.56 Å². The van der Waals surface area contributed by atoms with Crippen LogP contribution in [-0.2, 0) is 12.7 Å². The van der Waals surface area contributed by atoms with Gasteiger partial charge in [0.05, 0.1) is 23.5 Å². The van der Waals surface area contributed by atoms with Crippen molar-refractivity contribution in [2.24, 2.45) is 4.99 Å². The number of aromatic hydroxyl groups is 1. The Balaban J connectivity index is 2.05. The summed E-state index contributed by atoms with van der Waals surface area (Å²) in [5.41, 5.74) is -2.04. The van der Waals surface area contributed by atoms with Crippen LogP contribution in [0.15, 0.2) is 67.6 Å². The number of hydrogen-bond acceptors (Lipinski definition) is 4. The molecule has 0 fully saturated rings. The van der Waals surface area contributed by atoms with Crippen molar-refractivity contribution < 1.29 is 18.3 Å². The first-order valence-corrected chi connectivity index (χ1v) is 9.39. The van der Waals surface area contributed by atoms with Gasteiger partial charge < -0.3 is 5.11 Å². The van der Waals surface area contributed by atoms with Crippen molar-refractivity contribution in [1.29, 1.82) is 0 Å². The van der Waals surface area contributed by atoms with E-state index in [4.69, 9.17) is 0 Å². The second-order valence-corrected chi connectivity index (χ2v) is 7.19. The summed E-state index contributed by atoms with van der Waals surface area (Å²) in [7, 11) is 0. The van der Waals surface area contributed by atoms with E-state index in [1.54, 1.807) is 0 Å². The fraction of sp³-hybridized carbons (Fsp3) is 0.150. The zero-order chi connectivity index (χ0) is 22.1. The van der Waals surface area contributed by atoms with Gasteiger partial charge >= 0.3 is 11.9 Å². The second-order valence-electron chi connectivity index (χ2n) is 6.33. The Kier molecular flexibility index (Phi) is 5.97. The predicted molar refractivity (Wildman–Crippen MR) is 109 cm³/mol. The summed E-state index contributed by atoms with van der Waals surface area (Å²) < 4.78 is 39.8. The largest absolute Gasteiger partial charge is 0.493 e. The first kappa shape index (κ1) is 21.6. The van der Waals surface area contributed by atoms with Crippen LogP contribution in [0.3, 0.4) is 0 Å². The number of halogens is 4. The minimum absolute atomic E-state index is 0.0402. The van der Waals surface area contributed by atoms with Crippen LogP contribution >= 0.6 is 15.9 Å². The van der Waals surface area contributed by atoms with Gasteiger partial charge in [-0.1, -0.05) is 34.1 Å². The van der Waals surface area contributed by atoms with Crippen molar-refractivity contribution in [1.82, 2.24) is 9.55 Å². The molecule has 0 atom stereocenters. The topological polar surface area (TPSA) is 87.4 Å². The fourth-order valence-electron chi connectivity index (χ4n) is 2.80. The number of rotatable bonds is 4. The molecule has 0 saturated heterocycles. The van der Waals surface area contributed by atoms with Crippen molar-refractivity contribution in [3.63, 3.8) is 0 Å². The number of aliphatic imine (C=N–C) groups is 1. The van der Waals surface area contributed by atoms with E-state index >= 15 is 0 Å². The summed E-state index contributed by atoms with van der Waals surface area (Å²) in [5.74, 6) is -0.711. The smallest absolute Gasteiger partial charge is 0.416 e. The maximum absolute atomic E-state index is 12.8. The minimum Gasteiger partial charge on any atom is -0.493 e. The van der Waals surface area contributed by atoms with Gasteiger partial charge in [-0.3, -0.25) is 14.8 Å². The summed E-state index contributed by atoms with van der Waals surface area (Å²) in [6, 6.07) is 10.9. The highest BCUT2D eigenvalue weighted by atomic mass is 79.9. The maximum atomic E-state index is 12.8. The highest BCUT2D eigenvalue weighted by Crippen LogP contribution is 2.30. The molecular weight excluding hydrogens is 467 g/mol. The van der Waals surface area contributed by atoms with Gasteiger partial charge in [0.15, 0.2) is 0 Å². The Bertz CT molecular complexity index is 1230. The van der Waals surface area contributed by atoms with Crippen molar-refractivity contribution in [3.05, 3.63) is 90.5 Å². The van der Waals surface area contributed by atoms with Crippen LogP contribution in [0.2, 0.25) is 0 Å². The molecule has 0 aliphatic carbocycles. The lowest BCUT2D eigenvalue weighted by atomic mass is 10.1. The zero-order valence-corrected chi connectivity index (χ0v) is 17.1. The van der Waals surface area contributed by atoms with Crippen molar-refractivity contribution in [3.8, 4) is 11.6 Å². The molecule has 0 bridgehead atoms. The molecule has 156 valence electrons. The molecule has 1 aromatic heterocycles. The van der Waals surface area contributed by atoms with Gasteiger partial charge in [0.1, 0.15) is 5.56 Å². The number of nitrogens with one attached hydrogen (secondary N) is 1. The molecule has 2 N–H and O–H groups in total. The molecule has 0 unspecified atom stereocenters. The Labute approximate surface area is 176 Å². The quantitative estimate of drug-likeness (QED) is 0.551. The summed E-state index contributed by atoms with van der Waals surface area (Å²) in [6.45, 7) is 1.69. The molecule has 2 aromatic carbocycles. The van der Waals surface area contributed by atoms with E-state index in [9.17, 15) is 27.9 Å². The van der Waals surface area contributed by atoms with Crippen molar-refractivity contribution >= 4 is 21.6 Å². The number of aromatic amines is 1. The third-order valence-electron chi connectivity index (χ3n) is 4.35. The molecule has 0 radical (unpaired) electrons. The standard InChI is InChI=1S/C20H15BrF3N3O3/c1-11(25-10-12-4-2-3-5-15(12)21)16-17(28)26-19(30)27(18(16)29)14-8-6-13(7-9-14)20(22,23)24/h2-9,29H,10H2,1H3,(H,26,28,30). The van der Waals surface area contributed by atoms with E-state index in [-0.39, 0.29) is 23.5 Å². The number of alkyl halides is 3. The molecule has 3 aromatic rings. The van der Waals surface area contributed by atoms with Gasteiger partial charge in [-0.2, -0.15) is 13.2 Å². The fourth-order valence-corrected chi connectivity index (χ4v) is 3.21. The first-order chi connectivity index (χ1) is 14.1. The van der Waals surface area contributed by atoms with E-state index in [1.807, 2.05) is 24.3 Å². The van der Waals surface area contributed by atoms with Crippen LogP contribution in [-0.4, -0.2) is 20.4 Å². The van der Waals surface area contributed by atoms with Gasteiger partial charge in [0.2, 0.25) is 5.88 Å². The first-order valence-electron chi connectivity index (χ1n) is 8.60. The molecule has 0 aliphatic rings. The lowest BCUT2D eigenvalue weighted by molar-refractivity contribution is -0.137. The zero-order valence-electron chi connectivity index (χ0n) is 15.5. The van der Waals surface area contributed by atoms with Crippen molar-refractivity contribution in [2.45, 2.75) is 19.6 Å². The summed E-state index contributed by atoms with van der Waals surface area (Å²) in [6.07, 6.45) is -4.54. The molecule has 0 amide bonds. The maximum Gasteiger partial charge on any atom is 0.416 e. The predicted octanol–water partition coefficient (Wildman–Crippen LogP) is 4.02. The number of benzene rings is 2. The average molecular weight is 482 g/mol. The normalized spacial score (nSPS) is 12.2. The third kappa shape index (κ3) is 4.38. The Morgan fingerprint density at radius 2 is 1.77 bits per heavy atom. The lowest BCUT2D eigenvalue weighted by Gasteiger charge is -2.13. The third-order valence-corrected chi connectivity index (χ3v) is 5.12. The SMILES string of the molecule is CC(=NCc1ccccc1Br)c1c(O)n(-c2ccc(C(F)(F)F)cc2)c(=O)[nH]c1=O. The summed E-state index contributed by atoms with van der Waals surface area (Å²) >= 11 is 3.39. The van der Waals surface area contributed by atoms with E-state index < -0.39 is 28.9 Å². The highest BCUT2D eigenvalue weighted by molar-refractivity contribution is 9.10. The molecule has 0 aliphatic heterocycles. The Morgan fingerprint density at radius 3 is 2.37 bits per heavy atom. The summed E-state index contributed by atoms with van der Waals surface area (Å²) in [4.78, 5) is 30.9. The average Bonchev–Trinajstić information content (AvgIpc) is 2.66. The van der Waals surface area contributed by atoms with Crippen molar-refractivity contribution in [2.75, 3.05) is 0 Å². The monoisotopic (exact) mass is 481 g/mol. The highest BCUT2D eigenvalue weighted by Gasteiger charge is 2.30. The van der Waals surface area contributed by atoms with Gasteiger partial charge in [-0.05, 0) is 42.8 Å². The number of hydrogen-bond donors (Lipinski definition) is 2. The van der Waals surface area contributed by atoms with E-state index in [0.29, 0.717) is 4.57 Å². The minimum atomic E-state index is -4.54.